The van der Waals surface area contributed by atoms with Crippen molar-refractivity contribution in [2.45, 2.75) is 6.92 Å². The van der Waals surface area contributed by atoms with E-state index in [4.69, 9.17) is 26.8 Å². The van der Waals surface area contributed by atoms with Crippen LogP contribution in [0.1, 0.15) is 12.5 Å². The van der Waals surface area contributed by atoms with E-state index in [1.807, 2.05) is 31.2 Å². The molecule has 0 aliphatic carbocycles. The minimum Gasteiger partial charge on any atom is -0.369 e. The number of hydrogen-bond acceptors (Lipinski definition) is 7. The van der Waals surface area contributed by atoms with E-state index in [0.29, 0.717) is 5.71 Å². The van der Waals surface area contributed by atoms with Crippen LogP contribution in [-0.4, -0.2) is 42.2 Å². The first-order valence-electron chi connectivity index (χ1n) is 5.70. The second-order valence-corrected chi connectivity index (χ2v) is 3.75. The van der Waals surface area contributed by atoms with Crippen molar-refractivity contribution in [1.29, 1.82) is 0 Å². The van der Waals surface area contributed by atoms with E-state index in [-0.39, 0.29) is 5.96 Å². The fourth-order valence-electron chi connectivity index (χ4n) is 1.33. The highest BCUT2D eigenvalue weighted by Gasteiger charge is 2.00. The van der Waals surface area contributed by atoms with Crippen LogP contribution in [0.5, 0.6) is 0 Å². The molecule has 22 heavy (non-hydrogen) atoms. The molecule has 2 aromatic rings. The molecule has 12 heteroatoms. The molecule has 5 N–H and O–H groups in total. The maximum atomic E-state index is 8.36. The van der Waals surface area contributed by atoms with Gasteiger partial charge in [0.25, 0.3) is 5.09 Å². The molecule has 0 fully saturated rings. The van der Waals surface area contributed by atoms with Crippen LogP contribution >= 0.6 is 0 Å². The van der Waals surface area contributed by atoms with Crippen molar-refractivity contribution >= 4 is 11.7 Å². The molecule has 0 spiro atoms. The van der Waals surface area contributed by atoms with Crippen LogP contribution in [-0.2, 0) is 0 Å². The summed E-state index contributed by atoms with van der Waals surface area (Å²) in [5, 5.41) is 32.1. The van der Waals surface area contributed by atoms with Gasteiger partial charge in [-0.2, -0.15) is 5.10 Å². The van der Waals surface area contributed by atoms with Gasteiger partial charge in [-0.1, -0.05) is 12.1 Å². The molecule has 12 nitrogen and oxygen atoms in total. The van der Waals surface area contributed by atoms with E-state index >= 15 is 0 Å². The van der Waals surface area contributed by atoms with Crippen LogP contribution in [0.15, 0.2) is 40.8 Å². The van der Waals surface area contributed by atoms with Crippen molar-refractivity contribution in [2.75, 3.05) is 0 Å². The van der Waals surface area contributed by atoms with Crippen molar-refractivity contribution in [2.24, 2.45) is 21.7 Å². The van der Waals surface area contributed by atoms with Gasteiger partial charge in [-0.15, -0.1) is 20.3 Å². The fourth-order valence-corrected chi connectivity index (χ4v) is 1.33. The number of guanidine groups is 1. The molecular weight excluding hydrogens is 294 g/mol. The highest BCUT2D eigenvalue weighted by atomic mass is 16.9. The van der Waals surface area contributed by atoms with Crippen LogP contribution in [0.2, 0.25) is 0 Å². The summed E-state index contributed by atoms with van der Waals surface area (Å²) in [6.07, 6.45) is 1.52. The second-order valence-electron chi connectivity index (χ2n) is 3.75. The molecule has 0 saturated heterocycles. The summed E-state index contributed by atoms with van der Waals surface area (Å²) in [5.74, 6) is -0.0698. The molecule has 0 radical (unpaired) electrons. The summed E-state index contributed by atoms with van der Waals surface area (Å²) in [6, 6.07) is 7.52. The van der Waals surface area contributed by atoms with Gasteiger partial charge < -0.3 is 16.7 Å². The lowest BCUT2D eigenvalue weighted by Crippen LogP contribution is -2.22. The number of nitrogens with two attached hydrogens (primary N) is 2. The Morgan fingerprint density at radius 2 is 1.91 bits per heavy atom. The molecule has 1 heterocycles. The van der Waals surface area contributed by atoms with Crippen LogP contribution in [0, 0.1) is 10.1 Å². The Morgan fingerprint density at radius 3 is 2.36 bits per heavy atom. The maximum Gasteiger partial charge on any atom is 0.291 e. The van der Waals surface area contributed by atoms with Gasteiger partial charge in [-0.05, 0) is 35.0 Å². The molecule has 0 saturated carbocycles. The number of rotatable bonds is 3. The van der Waals surface area contributed by atoms with Gasteiger partial charge in [0.1, 0.15) is 6.33 Å². The fraction of sp³-hybridized carbons (Fsp3) is 0.100. The summed E-state index contributed by atoms with van der Waals surface area (Å²) in [5.41, 5.74) is 12.9. The van der Waals surface area contributed by atoms with E-state index in [9.17, 15) is 0 Å². The zero-order chi connectivity index (χ0) is 16.5. The highest BCUT2D eigenvalue weighted by molar-refractivity contribution is 5.99. The normalized spacial score (nSPS) is 10.3. The molecule has 0 bridgehead atoms. The van der Waals surface area contributed by atoms with Crippen LogP contribution in [0.25, 0.3) is 5.69 Å². The molecule has 0 atom stereocenters. The molecule has 1 aromatic heterocycles. The Hall–Kier alpha value is -3.57. The number of aromatic nitrogens is 4. The molecule has 2 rings (SSSR count). The minimum atomic E-state index is -1.50. The van der Waals surface area contributed by atoms with Crippen LogP contribution < -0.4 is 11.5 Å². The largest absolute Gasteiger partial charge is 0.369 e. The Morgan fingerprint density at radius 1 is 1.32 bits per heavy atom. The van der Waals surface area contributed by atoms with Gasteiger partial charge in [0.15, 0.2) is 0 Å². The van der Waals surface area contributed by atoms with Crippen molar-refractivity contribution < 1.29 is 10.3 Å². The smallest absolute Gasteiger partial charge is 0.291 e. The molecular formula is C10H13N9O3. The zero-order valence-electron chi connectivity index (χ0n) is 11.4. The van der Waals surface area contributed by atoms with E-state index in [0.717, 1.165) is 11.3 Å². The van der Waals surface area contributed by atoms with Crippen LogP contribution in [0.3, 0.4) is 0 Å². The predicted molar refractivity (Wildman–Crippen MR) is 76.0 cm³/mol. The molecule has 0 amide bonds. The van der Waals surface area contributed by atoms with E-state index in [1.54, 1.807) is 4.68 Å². The summed E-state index contributed by atoms with van der Waals surface area (Å²) < 4.78 is 1.56. The second kappa shape index (κ2) is 7.88. The molecule has 1 aromatic carbocycles. The monoisotopic (exact) mass is 307 g/mol. The molecule has 0 aliphatic heterocycles. The first-order chi connectivity index (χ1) is 10.4. The van der Waals surface area contributed by atoms with Crippen molar-refractivity contribution in [3.63, 3.8) is 0 Å². The Bertz CT molecular complexity index is 655. The van der Waals surface area contributed by atoms with Crippen molar-refractivity contribution in [3.8, 4) is 5.69 Å². The van der Waals surface area contributed by atoms with Gasteiger partial charge in [-0.3, -0.25) is 0 Å². The number of nitrogens with zero attached hydrogens (tertiary/aromatic N) is 7. The first-order valence-corrected chi connectivity index (χ1v) is 5.70. The van der Waals surface area contributed by atoms with Crippen LogP contribution in [0.4, 0.5) is 0 Å². The van der Waals surface area contributed by atoms with Crippen molar-refractivity contribution in [1.82, 2.24) is 20.2 Å². The van der Waals surface area contributed by atoms with Gasteiger partial charge >= 0.3 is 0 Å². The molecule has 0 unspecified atom stereocenters. The topological polar surface area (TPSA) is 184 Å². The zero-order valence-corrected chi connectivity index (χ0v) is 11.4. The Balaban J connectivity index is 0.000000541. The third-order valence-corrected chi connectivity index (χ3v) is 2.21. The Labute approximate surface area is 123 Å². The summed E-state index contributed by atoms with van der Waals surface area (Å²) >= 11 is 0. The Kier molecular flexibility index (Phi) is 5.91. The summed E-state index contributed by atoms with van der Waals surface area (Å²) in [7, 11) is 0. The van der Waals surface area contributed by atoms with Gasteiger partial charge in [-0.25, -0.2) is 4.68 Å². The average molecular weight is 307 g/mol. The minimum absolute atomic E-state index is 0.0698. The standard InChI is InChI=1S/C10H12N8.HNO3/c1-7(14-15-10(11)12)8-2-4-9(5-3-8)18-6-13-16-17-18;2-1(3)4/h2-6H,1H3,(H4,11,12,15);(H,2,3,4)/b14-7+;. The quantitative estimate of drug-likeness (QED) is 0.288. The molecule has 116 valence electrons. The predicted octanol–water partition coefficient (Wildman–Crippen LogP) is -0.688. The third kappa shape index (κ3) is 5.60. The summed E-state index contributed by atoms with van der Waals surface area (Å²) in [4.78, 5) is 8.36. The third-order valence-electron chi connectivity index (χ3n) is 2.21. The number of benzene rings is 1. The maximum absolute atomic E-state index is 8.36. The lowest BCUT2D eigenvalue weighted by Gasteiger charge is -2.02. The first kappa shape index (κ1) is 16.5. The van der Waals surface area contributed by atoms with E-state index in [1.165, 1.54) is 6.33 Å². The average Bonchev–Trinajstić information content (AvgIpc) is 2.98. The molecule has 0 aliphatic rings. The summed E-state index contributed by atoms with van der Waals surface area (Å²) in [6.45, 7) is 1.82. The lowest BCUT2D eigenvalue weighted by atomic mass is 10.1. The number of hydrogen-bond donors (Lipinski definition) is 3. The van der Waals surface area contributed by atoms with E-state index in [2.05, 4.69) is 25.7 Å². The number of tetrazole rings is 1. The van der Waals surface area contributed by atoms with Gasteiger partial charge in [0, 0.05) is 0 Å². The van der Waals surface area contributed by atoms with E-state index < -0.39 is 5.09 Å². The van der Waals surface area contributed by atoms with Crippen molar-refractivity contribution in [3.05, 3.63) is 46.3 Å². The lowest BCUT2D eigenvalue weighted by molar-refractivity contribution is -0.742. The SMILES string of the molecule is C/C(=N\N=C(N)N)c1ccc(-n2cnnn2)cc1.O=[N+]([O-])O. The highest BCUT2D eigenvalue weighted by Crippen LogP contribution is 2.08. The van der Waals surface area contributed by atoms with Gasteiger partial charge in [0.05, 0.1) is 11.4 Å². The van der Waals surface area contributed by atoms with Gasteiger partial charge in [0.2, 0.25) is 5.96 Å².